The van der Waals surface area contributed by atoms with Gasteiger partial charge in [-0.15, -0.1) is 0 Å². The second-order valence-electron chi connectivity index (χ2n) is 7.48. The number of nitrogens with one attached hydrogen (secondary N) is 1. The largest absolute Gasteiger partial charge is 0.497 e. The van der Waals surface area contributed by atoms with Crippen LogP contribution in [0.2, 0.25) is 0 Å². The molecule has 0 saturated carbocycles. The minimum Gasteiger partial charge on any atom is -0.497 e. The van der Waals surface area contributed by atoms with Crippen LogP contribution in [0, 0.1) is 5.92 Å². The highest BCUT2D eigenvalue weighted by Gasteiger charge is 2.22. The number of fused-ring (bicyclic) bond motifs is 1. The van der Waals surface area contributed by atoms with Crippen molar-refractivity contribution in [3.05, 3.63) is 66.2 Å². The Morgan fingerprint density at radius 1 is 0.929 bits per heavy atom. The Kier molecular flexibility index (Phi) is 5.68. The number of nitrogens with zero attached hydrogens (tertiary/aromatic N) is 1. The van der Waals surface area contributed by atoms with Crippen LogP contribution in [0.25, 0.3) is 10.8 Å². The van der Waals surface area contributed by atoms with E-state index >= 15 is 0 Å². The average Bonchev–Trinajstić information content (AvgIpc) is 3.22. The third-order valence-electron chi connectivity index (χ3n) is 5.58. The quantitative estimate of drug-likeness (QED) is 0.659. The molecule has 1 saturated heterocycles. The molecule has 1 aliphatic heterocycles. The van der Waals surface area contributed by atoms with Crippen molar-refractivity contribution < 1.29 is 9.47 Å². The standard InChI is InChI=1S/C24H28N2O2/c1-27-23-5-3-4-22(14-23)26-11-10-19(17-26)16-25-15-18-6-7-21-13-24(28-2)9-8-20(21)12-18/h3-9,12-14,19,25H,10-11,15-17H2,1-2H3/t19-/m1/s1. The van der Waals surface area contributed by atoms with Crippen LogP contribution in [-0.4, -0.2) is 33.9 Å². The Bertz CT molecular complexity index is 941. The van der Waals surface area contributed by atoms with E-state index in [9.17, 15) is 0 Å². The molecule has 146 valence electrons. The van der Waals surface area contributed by atoms with E-state index in [0.717, 1.165) is 37.7 Å². The van der Waals surface area contributed by atoms with E-state index in [1.807, 2.05) is 12.1 Å². The average molecular weight is 377 g/mol. The van der Waals surface area contributed by atoms with Gasteiger partial charge in [-0.3, -0.25) is 0 Å². The molecule has 3 aromatic rings. The van der Waals surface area contributed by atoms with Gasteiger partial charge in [0, 0.05) is 37.9 Å². The molecular formula is C24H28N2O2. The zero-order valence-electron chi connectivity index (χ0n) is 16.7. The number of methoxy groups -OCH3 is 2. The summed E-state index contributed by atoms with van der Waals surface area (Å²) in [5.41, 5.74) is 2.58. The molecule has 1 aliphatic rings. The van der Waals surface area contributed by atoms with Gasteiger partial charge in [0.25, 0.3) is 0 Å². The van der Waals surface area contributed by atoms with Gasteiger partial charge in [-0.1, -0.05) is 24.3 Å². The first-order chi connectivity index (χ1) is 13.7. The van der Waals surface area contributed by atoms with Gasteiger partial charge in [0.15, 0.2) is 0 Å². The van der Waals surface area contributed by atoms with Crippen LogP contribution in [0.4, 0.5) is 5.69 Å². The first-order valence-electron chi connectivity index (χ1n) is 9.91. The van der Waals surface area contributed by atoms with Crippen molar-refractivity contribution in [2.45, 2.75) is 13.0 Å². The van der Waals surface area contributed by atoms with Crippen molar-refractivity contribution in [2.75, 3.05) is 38.8 Å². The number of hydrogen-bond acceptors (Lipinski definition) is 4. The van der Waals surface area contributed by atoms with Crippen molar-refractivity contribution in [2.24, 2.45) is 5.92 Å². The molecule has 1 heterocycles. The number of ether oxygens (including phenoxy) is 2. The number of hydrogen-bond donors (Lipinski definition) is 1. The molecular weight excluding hydrogens is 348 g/mol. The van der Waals surface area contributed by atoms with Crippen LogP contribution in [-0.2, 0) is 6.54 Å². The fraction of sp³-hybridized carbons (Fsp3) is 0.333. The lowest BCUT2D eigenvalue weighted by Gasteiger charge is -2.19. The van der Waals surface area contributed by atoms with Crippen molar-refractivity contribution in [1.82, 2.24) is 5.32 Å². The van der Waals surface area contributed by atoms with E-state index in [2.05, 4.69) is 58.7 Å². The summed E-state index contributed by atoms with van der Waals surface area (Å²) in [7, 11) is 3.43. The zero-order valence-corrected chi connectivity index (χ0v) is 16.7. The molecule has 0 spiro atoms. The van der Waals surface area contributed by atoms with Crippen LogP contribution in [0.1, 0.15) is 12.0 Å². The lowest BCUT2D eigenvalue weighted by Crippen LogP contribution is -2.26. The van der Waals surface area contributed by atoms with Crippen molar-refractivity contribution in [1.29, 1.82) is 0 Å². The van der Waals surface area contributed by atoms with Gasteiger partial charge < -0.3 is 19.7 Å². The van der Waals surface area contributed by atoms with Crippen LogP contribution < -0.4 is 19.7 Å². The summed E-state index contributed by atoms with van der Waals surface area (Å²) in [6, 6.07) is 21.2. The van der Waals surface area contributed by atoms with Crippen molar-refractivity contribution >= 4 is 16.5 Å². The highest BCUT2D eigenvalue weighted by atomic mass is 16.5. The second kappa shape index (κ2) is 8.53. The molecule has 1 fully saturated rings. The van der Waals surface area contributed by atoms with Gasteiger partial charge in [0.2, 0.25) is 0 Å². The Balaban J connectivity index is 1.30. The Hall–Kier alpha value is -2.72. The summed E-state index contributed by atoms with van der Waals surface area (Å²) in [6.07, 6.45) is 1.22. The van der Waals surface area contributed by atoms with E-state index in [1.165, 1.54) is 28.4 Å². The summed E-state index contributed by atoms with van der Waals surface area (Å²) < 4.78 is 10.7. The number of benzene rings is 3. The van der Waals surface area contributed by atoms with E-state index in [4.69, 9.17) is 9.47 Å². The predicted molar refractivity (Wildman–Crippen MR) is 116 cm³/mol. The highest BCUT2D eigenvalue weighted by Crippen LogP contribution is 2.27. The summed E-state index contributed by atoms with van der Waals surface area (Å²) in [5, 5.41) is 6.12. The zero-order chi connectivity index (χ0) is 19.3. The molecule has 1 atom stereocenters. The summed E-state index contributed by atoms with van der Waals surface area (Å²) >= 11 is 0. The maximum absolute atomic E-state index is 5.35. The van der Waals surface area contributed by atoms with Crippen LogP contribution >= 0.6 is 0 Å². The Labute approximate surface area is 167 Å². The van der Waals surface area contributed by atoms with E-state index < -0.39 is 0 Å². The summed E-state index contributed by atoms with van der Waals surface area (Å²) in [4.78, 5) is 2.46. The maximum Gasteiger partial charge on any atom is 0.120 e. The van der Waals surface area contributed by atoms with Crippen LogP contribution in [0.5, 0.6) is 11.5 Å². The first-order valence-corrected chi connectivity index (χ1v) is 9.91. The van der Waals surface area contributed by atoms with Crippen molar-refractivity contribution in [3.63, 3.8) is 0 Å². The molecule has 28 heavy (non-hydrogen) atoms. The lowest BCUT2D eigenvalue weighted by atomic mass is 10.1. The molecule has 0 aliphatic carbocycles. The second-order valence-corrected chi connectivity index (χ2v) is 7.48. The molecule has 3 aromatic carbocycles. The van der Waals surface area contributed by atoms with Gasteiger partial charge >= 0.3 is 0 Å². The predicted octanol–water partition coefficient (Wildman–Crippen LogP) is 4.47. The van der Waals surface area contributed by atoms with Gasteiger partial charge in [-0.25, -0.2) is 0 Å². The normalized spacial score (nSPS) is 16.5. The number of anilines is 1. The molecule has 4 nitrogen and oxygen atoms in total. The van der Waals surface area contributed by atoms with E-state index in [-0.39, 0.29) is 0 Å². The molecule has 0 radical (unpaired) electrons. The minimum absolute atomic E-state index is 0.677. The summed E-state index contributed by atoms with van der Waals surface area (Å²) in [5.74, 6) is 2.50. The topological polar surface area (TPSA) is 33.7 Å². The molecule has 0 amide bonds. The van der Waals surface area contributed by atoms with E-state index in [0.29, 0.717) is 5.92 Å². The van der Waals surface area contributed by atoms with E-state index in [1.54, 1.807) is 14.2 Å². The Morgan fingerprint density at radius 2 is 1.71 bits per heavy atom. The lowest BCUT2D eigenvalue weighted by molar-refractivity contribution is 0.415. The highest BCUT2D eigenvalue weighted by molar-refractivity contribution is 5.84. The van der Waals surface area contributed by atoms with Crippen molar-refractivity contribution in [3.8, 4) is 11.5 Å². The minimum atomic E-state index is 0.677. The maximum atomic E-state index is 5.35. The summed E-state index contributed by atoms with van der Waals surface area (Å²) in [6.45, 7) is 4.15. The third kappa shape index (κ3) is 4.23. The molecule has 0 aromatic heterocycles. The van der Waals surface area contributed by atoms with Crippen LogP contribution in [0.3, 0.4) is 0 Å². The molecule has 0 unspecified atom stereocenters. The smallest absolute Gasteiger partial charge is 0.120 e. The molecule has 4 heteroatoms. The van der Waals surface area contributed by atoms with Gasteiger partial charge in [0.05, 0.1) is 14.2 Å². The monoisotopic (exact) mass is 376 g/mol. The van der Waals surface area contributed by atoms with Gasteiger partial charge in [0.1, 0.15) is 11.5 Å². The third-order valence-corrected chi connectivity index (χ3v) is 5.58. The molecule has 4 rings (SSSR count). The Morgan fingerprint density at radius 3 is 2.57 bits per heavy atom. The fourth-order valence-corrected chi connectivity index (χ4v) is 3.97. The molecule has 0 bridgehead atoms. The molecule has 1 N–H and O–H groups in total. The SMILES string of the molecule is COc1cccc(N2CC[C@H](CNCc3ccc4cc(OC)ccc4c3)C2)c1. The van der Waals surface area contributed by atoms with Gasteiger partial charge in [-0.2, -0.15) is 0 Å². The fourth-order valence-electron chi connectivity index (χ4n) is 3.97. The van der Waals surface area contributed by atoms with Crippen LogP contribution in [0.15, 0.2) is 60.7 Å². The number of rotatable bonds is 7. The van der Waals surface area contributed by atoms with Gasteiger partial charge in [-0.05, 0) is 59.0 Å². The first kappa shape index (κ1) is 18.6.